The van der Waals surface area contributed by atoms with Crippen molar-refractivity contribution in [2.45, 2.75) is 94.7 Å². The summed E-state index contributed by atoms with van der Waals surface area (Å²) in [6.45, 7) is 5.55. The van der Waals surface area contributed by atoms with Crippen LogP contribution in [0.1, 0.15) is 52.0 Å². The van der Waals surface area contributed by atoms with E-state index in [2.05, 4.69) is 17.9 Å². The molecule has 0 radical (unpaired) electrons. The topological polar surface area (TPSA) is 142 Å². The van der Waals surface area contributed by atoms with Gasteiger partial charge in [-0.3, -0.25) is 10.1 Å². The molecule has 0 saturated carbocycles. The number of ether oxygens (including phenoxy) is 6. The molecule has 6 bridgehead atoms. The first-order chi connectivity index (χ1) is 22.2. The number of carbonyl (C=O) groups is 3. The normalized spacial score (nSPS) is 32.2. The lowest BCUT2D eigenvalue weighted by atomic mass is 9.79. The van der Waals surface area contributed by atoms with E-state index in [1.807, 2.05) is 19.1 Å². The molecule has 0 spiro atoms. The van der Waals surface area contributed by atoms with E-state index in [9.17, 15) is 19.5 Å². The number of hydrogen-bond acceptors (Lipinski definition) is 11. The highest BCUT2D eigenvalue weighted by Crippen LogP contribution is 2.44. The molecule has 0 aliphatic carbocycles. The lowest BCUT2D eigenvalue weighted by Crippen LogP contribution is -2.68. The third-order valence-corrected chi connectivity index (χ3v) is 9.44. The number of halogens is 1. The van der Waals surface area contributed by atoms with E-state index in [1.54, 1.807) is 39.1 Å². The molecule has 47 heavy (non-hydrogen) atoms. The summed E-state index contributed by atoms with van der Waals surface area (Å²) >= 11 is 10.9. The standard InChI is InChI=1S/C33H45ClN2O10S/c1-19-9-7-10-26(42-6)33(40)18-24(44-31(39)35-33)25-17-32(3,46-25)27(45-30(38)20(2)43-11-8-12-47)16-28(37)36(4)22-14-21(13-19)15-23(41-5)29(22)34/h7,9-10,14-15,20,24-27,40,47H,8,11-13,16-18H2,1-6H3,(H,35,39)/b10-7+,19-9+/t20-,24-,25+,26+,27-,32+,33-/m0/s1. The molecule has 4 aliphatic heterocycles. The number of nitrogens with one attached hydrogen (secondary N) is 1. The summed E-state index contributed by atoms with van der Waals surface area (Å²) in [6, 6.07) is 3.61. The first-order valence-corrected chi connectivity index (χ1v) is 16.6. The van der Waals surface area contributed by atoms with E-state index in [1.165, 1.54) is 19.1 Å². The van der Waals surface area contributed by atoms with Crippen molar-refractivity contribution in [2.24, 2.45) is 0 Å². The van der Waals surface area contributed by atoms with Crippen molar-refractivity contribution in [2.75, 3.05) is 38.5 Å². The number of anilines is 1. The lowest BCUT2D eigenvalue weighted by molar-refractivity contribution is -0.281. The molecule has 4 heterocycles. The number of carbonyl (C=O) groups excluding carboxylic acids is 3. The zero-order chi connectivity index (χ0) is 34.5. The van der Waals surface area contributed by atoms with E-state index in [-0.39, 0.29) is 30.2 Å². The second kappa shape index (κ2) is 15.6. The molecule has 0 aromatic heterocycles. The second-order valence-corrected chi connectivity index (χ2v) is 13.2. The number of nitrogens with zero attached hydrogens (tertiary/aromatic N) is 1. The number of thiol groups is 1. The van der Waals surface area contributed by atoms with Crippen LogP contribution < -0.4 is 15.0 Å². The largest absolute Gasteiger partial charge is 0.495 e. The van der Waals surface area contributed by atoms with Gasteiger partial charge in [0.05, 0.1) is 25.3 Å². The number of alkyl carbamates (subject to hydrolysis) is 1. The van der Waals surface area contributed by atoms with E-state index in [0.29, 0.717) is 36.6 Å². The van der Waals surface area contributed by atoms with Crippen molar-refractivity contribution in [1.82, 2.24) is 5.32 Å². The highest BCUT2D eigenvalue weighted by Gasteiger charge is 2.57. The number of amides is 2. The Morgan fingerprint density at radius 2 is 1.98 bits per heavy atom. The van der Waals surface area contributed by atoms with Crippen LogP contribution in [-0.4, -0.2) is 98.5 Å². The molecule has 5 rings (SSSR count). The van der Waals surface area contributed by atoms with Crippen LogP contribution in [0.2, 0.25) is 5.02 Å². The van der Waals surface area contributed by atoms with Gasteiger partial charge in [0.1, 0.15) is 34.7 Å². The first kappa shape index (κ1) is 37.0. The molecule has 1 aromatic carbocycles. The van der Waals surface area contributed by atoms with Gasteiger partial charge in [-0.05, 0) is 57.1 Å². The van der Waals surface area contributed by atoms with Crippen LogP contribution >= 0.6 is 24.2 Å². The van der Waals surface area contributed by atoms with Crippen LogP contribution in [0, 0.1) is 0 Å². The monoisotopic (exact) mass is 696 g/mol. The first-order valence-electron chi connectivity index (χ1n) is 15.5. The summed E-state index contributed by atoms with van der Waals surface area (Å²) in [5, 5.41) is 14.3. The number of benzene rings is 1. The Morgan fingerprint density at radius 1 is 1.26 bits per heavy atom. The Kier molecular flexibility index (Phi) is 12.3. The molecule has 14 heteroatoms. The van der Waals surface area contributed by atoms with Gasteiger partial charge in [0.15, 0.2) is 11.8 Å². The third-order valence-electron chi connectivity index (χ3n) is 8.74. The molecule has 2 N–H and O–H groups in total. The van der Waals surface area contributed by atoms with Crippen LogP contribution in [0.4, 0.5) is 10.5 Å². The van der Waals surface area contributed by atoms with Crippen LogP contribution in [0.15, 0.2) is 35.9 Å². The fourth-order valence-electron chi connectivity index (χ4n) is 6.00. The smallest absolute Gasteiger partial charge is 0.409 e. The van der Waals surface area contributed by atoms with Gasteiger partial charge in [0, 0.05) is 33.6 Å². The molecule has 2 amide bonds. The number of fused-ring (bicyclic) bond motifs is 6. The molecular formula is C33H45ClN2O10S. The molecule has 0 unspecified atom stereocenters. The van der Waals surface area contributed by atoms with Crippen molar-refractivity contribution in [3.8, 4) is 5.75 Å². The molecule has 2 fully saturated rings. The quantitative estimate of drug-likeness (QED) is 0.206. The SMILES string of the molecule is COc1cc2cc(c1Cl)N(C)C(=O)C[C@H](OC(=O)[C@H](C)OCCCS)[C@@]1(C)C[C@@H](O1)[C@@H]1C[C@@](O)(NC(=O)O1)[C@H](OC)/C=C/C=C(\C)C2. The molecule has 12 nitrogen and oxygen atoms in total. The van der Waals surface area contributed by atoms with Crippen LogP contribution in [-0.2, 0) is 39.7 Å². The lowest BCUT2D eigenvalue weighted by Gasteiger charge is -2.53. The summed E-state index contributed by atoms with van der Waals surface area (Å²) in [6.07, 6.45) is 1.17. The number of aliphatic hydroxyl groups is 1. The zero-order valence-electron chi connectivity index (χ0n) is 27.6. The Labute approximate surface area is 286 Å². The maximum Gasteiger partial charge on any atom is 0.409 e. The molecule has 260 valence electrons. The number of allylic oxidation sites excluding steroid dienone is 3. The molecular weight excluding hydrogens is 652 g/mol. The predicted octanol–water partition coefficient (Wildman–Crippen LogP) is 4.15. The van der Waals surface area contributed by atoms with Gasteiger partial charge >= 0.3 is 12.1 Å². The van der Waals surface area contributed by atoms with Gasteiger partial charge in [0.25, 0.3) is 0 Å². The molecule has 4 aliphatic rings. The summed E-state index contributed by atoms with van der Waals surface area (Å²) < 4.78 is 34.5. The summed E-state index contributed by atoms with van der Waals surface area (Å²) in [7, 11) is 4.53. The average molecular weight is 697 g/mol. The predicted molar refractivity (Wildman–Crippen MR) is 178 cm³/mol. The minimum atomic E-state index is -1.80. The Bertz CT molecular complexity index is 1380. The third kappa shape index (κ3) is 8.62. The van der Waals surface area contributed by atoms with Crippen LogP contribution in [0.5, 0.6) is 5.75 Å². The van der Waals surface area contributed by atoms with Gasteiger partial charge in [-0.25, -0.2) is 9.59 Å². The van der Waals surface area contributed by atoms with Gasteiger partial charge in [-0.15, -0.1) is 0 Å². The number of methoxy groups -OCH3 is 2. The van der Waals surface area contributed by atoms with Gasteiger partial charge in [-0.2, -0.15) is 12.6 Å². The molecule has 1 aromatic rings. The Morgan fingerprint density at radius 3 is 2.64 bits per heavy atom. The fraction of sp³-hybridized carbons (Fsp3) is 0.606. The van der Waals surface area contributed by atoms with Crippen molar-refractivity contribution in [3.63, 3.8) is 0 Å². The van der Waals surface area contributed by atoms with Crippen LogP contribution in [0.25, 0.3) is 0 Å². The van der Waals surface area contributed by atoms with E-state index >= 15 is 0 Å². The number of esters is 1. The fourth-order valence-corrected chi connectivity index (χ4v) is 6.44. The van der Waals surface area contributed by atoms with E-state index < -0.39 is 53.9 Å². The minimum Gasteiger partial charge on any atom is -0.495 e. The summed E-state index contributed by atoms with van der Waals surface area (Å²) in [5.74, 6) is -0.0528. The molecule has 7 atom stereocenters. The van der Waals surface area contributed by atoms with Gasteiger partial charge in [0.2, 0.25) is 5.91 Å². The Balaban J connectivity index is 1.73. The maximum atomic E-state index is 13.9. The second-order valence-electron chi connectivity index (χ2n) is 12.4. The Hall–Kier alpha value is -2.81. The van der Waals surface area contributed by atoms with Gasteiger partial charge in [-0.1, -0.05) is 35.4 Å². The highest BCUT2D eigenvalue weighted by molar-refractivity contribution is 7.80. The van der Waals surface area contributed by atoms with E-state index in [4.69, 9.17) is 40.0 Å². The maximum absolute atomic E-state index is 13.9. The van der Waals surface area contributed by atoms with Crippen LogP contribution in [0.3, 0.4) is 0 Å². The van der Waals surface area contributed by atoms with Crippen molar-refractivity contribution in [1.29, 1.82) is 0 Å². The summed E-state index contributed by atoms with van der Waals surface area (Å²) in [5.41, 5.74) is -0.737. The van der Waals surface area contributed by atoms with E-state index in [0.717, 1.165) is 11.1 Å². The highest BCUT2D eigenvalue weighted by atomic mass is 35.5. The zero-order valence-corrected chi connectivity index (χ0v) is 29.3. The number of hydrogen-bond donors (Lipinski definition) is 3. The van der Waals surface area contributed by atoms with Crippen molar-refractivity contribution in [3.05, 3.63) is 46.5 Å². The average Bonchev–Trinajstić information content (AvgIpc) is 3.00. The minimum absolute atomic E-state index is 0.0443. The number of rotatable bonds is 8. The van der Waals surface area contributed by atoms with Gasteiger partial charge < -0.3 is 38.4 Å². The summed E-state index contributed by atoms with van der Waals surface area (Å²) in [4.78, 5) is 41.1. The molecule has 2 saturated heterocycles. The van der Waals surface area contributed by atoms with Crippen molar-refractivity contribution < 1.29 is 47.9 Å². The van der Waals surface area contributed by atoms with Crippen molar-refractivity contribution >= 4 is 47.9 Å².